The van der Waals surface area contributed by atoms with Gasteiger partial charge in [0.1, 0.15) is 0 Å². The smallest absolute Gasteiger partial charge is 0.0915 e. The van der Waals surface area contributed by atoms with E-state index in [4.69, 9.17) is 21.1 Å². The quantitative estimate of drug-likeness (QED) is 0.405. The average Bonchev–Trinajstić information content (AvgIpc) is 2.27. The highest BCUT2D eigenvalue weighted by Gasteiger charge is 2.13. The molecule has 0 radical (unpaired) electrons. The summed E-state index contributed by atoms with van der Waals surface area (Å²) >= 11 is 8.31. The van der Waals surface area contributed by atoms with Crippen LogP contribution in [0.15, 0.2) is 24.3 Å². The summed E-state index contributed by atoms with van der Waals surface area (Å²) in [4.78, 5) is 0. The van der Waals surface area contributed by atoms with Gasteiger partial charge in [-0.1, -0.05) is 46.3 Å². The molecule has 0 aliphatic carbocycles. The molecular weight excluding hydrogens is 363 g/mol. The maximum Gasteiger partial charge on any atom is 0.0915 e. The van der Waals surface area contributed by atoms with Gasteiger partial charge in [-0.2, -0.15) is 0 Å². The Morgan fingerprint density at radius 2 is 2.00 bits per heavy atom. The Kier molecular flexibility index (Phi) is 6.92. The van der Waals surface area contributed by atoms with Crippen LogP contribution in [0.1, 0.15) is 32.4 Å². The highest BCUT2D eigenvalue weighted by Crippen LogP contribution is 2.23. The standard InChI is InChI=1S/C14H20ClIO2/c1-14(2,3)18-8-7-17-13(10-16)11-5-4-6-12(15)9-11/h4-6,9,13H,7-8,10H2,1-3H3. The van der Waals surface area contributed by atoms with Crippen molar-refractivity contribution in [3.63, 3.8) is 0 Å². The van der Waals surface area contributed by atoms with Crippen LogP contribution in [-0.2, 0) is 9.47 Å². The summed E-state index contributed by atoms with van der Waals surface area (Å²) in [5, 5.41) is 0.747. The molecule has 0 amide bonds. The van der Waals surface area contributed by atoms with E-state index in [2.05, 4.69) is 22.6 Å². The average molecular weight is 383 g/mol. The molecule has 1 atom stereocenters. The van der Waals surface area contributed by atoms with Crippen LogP contribution >= 0.6 is 34.2 Å². The number of hydrogen-bond donors (Lipinski definition) is 0. The fraction of sp³-hybridized carbons (Fsp3) is 0.571. The van der Waals surface area contributed by atoms with E-state index in [0.717, 1.165) is 15.0 Å². The van der Waals surface area contributed by atoms with Crippen molar-refractivity contribution in [3.05, 3.63) is 34.9 Å². The van der Waals surface area contributed by atoms with E-state index in [1.54, 1.807) is 0 Å². The summed E-state index contributed by atoms with van der Waals surface area (Å²) < 4.78 is 12.4. The van der Waals surface area contributed by atoms with Crippen molar-refractivity contribution in [2.75, 3.05) is 17.6 Å². The Morgan fingerprint density at radius 3 is 2.56 bits per heavy atom. The van der Waals surface area contributed by atoms with Gasteiger partial charge in [-0.3, -0.25) is 0 Å². The van der Waals surface area contributed by atoms with Gasteiger partial charge >= 0.3 is 0 Å². The fourth-order valence-electron chi connectivity index (χ4n) is 1.47. The molecule has 0 fully saturated rings. The van der Waals surface area contributed by atoms with E-state index in [1.165, 1.54) is 0 Å². The van der Waals surface area contributed by atoms with E-state index in [9.17, 15) is 0 Å². The lowest BCUT2D eigenvalue weighted by atomic mass is 10.1. The number of benzene rings is 1. The molecule has 18 heavy (non-hydrogen) atoms. The number of halogens is 2. The lowest BCUT2D eigenvalue weighted by molar-refractivity contribution is -0.0477. The van der Waals surface area contributed by atoms with Gasteiger partial charge < -0.3 is 9.47 Å². The van der Waals surface area contributed by atoms with Crippen molar-refractivity contribution < 1.29 is 9.47 Å². The molecule has 4 heteroatoms. The summed E-state index contributed by atoms with van der Waals surface area (Å²) in [5.74, 6) is 0. The molecule has 0 N–H and O–H groups in total. The zero-order valence-corrected chi connectivity index (χ0v) is 14.0. The van der Waals surface area contributed by atoms with Gasteiger partial charge in [0, 0.05) is 9.45 Å². The summed E-state index contributed by atoms with van der Waals surface area (Å²) in [6.45, 7) is 7.33. The van der Waals surface area contributed by atoms with Crippen LogP contribution in [0.25, 0.3) is 0 Å². The molecule has 1 rings (SSSR count). The second-order valence-corrected chi connectivity index (χ2v) is 6.35. The molecule has 0 heterocycles. The topological polar surface area (TPSA) is 18.5 Å². The van der Waals surface area contributed by atoms with Gasteiger partial charge in [0.05, 0.1) is 24.9 Å². The van der Waals surface area contributed by atoms with E-state index in [-0.39, 0.29) is 11.7 Å². The molecule has 0 aliphatic heterocycles. The summed E-state index contributed by atoms with van der Waals surface area (Å²) in [5.41, 5.74) is 1.01. The van der Waals surface area contributed by atoms with E-state index in [1.807, 2.05) is 45.0 Å². The fourth-order valence-corrected chi connectivity index (χ4v) is 2.44. The molecule has 102 valence electrons. The minimum absolute atomic E-state index is 0.0767. The van der Waals surface area contributed by atoms with Crippen LogP contribution in [-0.4, -0.2) is 23.2 Å². The number of rotatable bonds is 6. The normalized spacial score (nSPS) is 13.6. The molecule has 0 bridgehead atoms. The van der Waals surface area contributed by atoms with Crippen LogP contribution < -0.4 is 0 Å². The first-order chi connectivity index (χ1) is 8.42. The van der Waals surface area contributed by atoms with E-state index in [0.29, 0.717) is 13.2 Å². The van der Waals surface area contributed by atoms with Crippen molar-refractivity contribution in [2.24, 2.45) is 0 Å². The minimum atomic E-state index is -0.112. The van der Waals surface area contributed by atoms with Gasteiger partial charge in [0.15, 0.2) is 0 Å². The highest BCUT2D eigenvalue weighted by molar-refractivity contribution is 14.1. The predicted octanol–water partition coefficient (Wildman–Crippen LogP) is 4.65. The van der Waals surface area contributed by atoms with E-state index < -0.39 is 0 Å². The molecule has 0 aliphatic rings. The van der Waals surface area contributed by atoms with Gasteiger partial charge in [-0.25, -0.2) is 0 Å². The van der Waals surface area contributed by atoms with Gasteiger partial charge in [0.25, 0.3) is 0 Å². The van der Waals surface area contributed by atoms with Crippen molar-refractivity contribution in [2.45, 2.75) is 32.5 Å². The Balaban J connectivity index is 2.43. The zero-order valence-electron chi connectivity index (χ0n) is 11.1. The van der Waals surface area contributed by atoms with Crippen molar-refractivity contribution >= 4 is 34.2 Å². The summed E-state index contributed by atoms with van der Waals surface area (Å²) in [7, 11) is 0. The Labute approximate surface area is 128 Å². The number of ether oxygens (including phenoxy) is 2. The largest absolute Gasteiger partial charge is 0.373 e. The first-order valence-corrected chi connectivity index (χ1v) is 7.90. The Morgan fingerprint density at radius 1 is 1.28 bits per heavy atom. The molecule has 0 spiro atoms. The minimum Gasteiger partial charge on any atom is -0.373 e. The predicted molar refractivity (Wildman–Crippen MR) is 84.7 cm³/mol. The number of hydrogen-bond acceptors (Lipinski definition) is 2. The molecule has 0 saturated heterocycles. The molecule has 1 aromatic rings. The van der Waals surface area contributed by atoms with Crippen LogP contribution in [0.4, 0.5) is 0 Å². The van der Waals surface area contributed by atoms with Crippen LogP contribution in [0, 0.1) is 0 Å². The molecule has 0 saturated carbocycles. The second-order valence-electron chi connectivity index (χ2n) is 5.03. The van der Waals surface area contributed by atoms with Gasteiger partial charge in [-0.15, -0.1) is 0 Å². The van der Waals surface area contributed by atoms with Crippen LogP contribution in [0.5, 0.6) is 0 Å². The monoisotopic (exact) mass is 382 g/mol. The Bertz CT molecular complexity index is 363. The maximum atomic E-state index is 5.98. The van der Waals surface area contributed by atoms with E-state index >= 15 is 0 Å². The Hall–Kier alpha value is 0.160. The summed E-state index contributed by atoms with van der Waals surface area (Å²) in [6, 6.07) is 7.82. The first kappa shape index (κ1) is 16.2. The third-order valence-electron chi connectivity index (χ3n) is 2.30. The molecule has 0 aromatic heterocycles. The first-order valence-electron chi connectivity index (χ1n) is 5.99. The number of alkyl halides is 1. The maximum absolute atomic E-state index is 5.98. The third kappa shape index (κ3) is 6.36. The van der Waals surface area contributed by atoms with Crippen molar-refractivity contribution in [1.82, 2.24) is 0 Å². The third-order valence-corrected chi connectivity index (χ3v) is 3.33. The van der Waals surface area contributed by atoms with Gasteiger partial charge in [0.2, 0.25) is 0 Å². The zero-order chi connectivity index (χ0) is 13.6. The summed E-state index contributed by atoms with van der Waals surface area (Å²) in [6.07, 6.45) is 0.0767. The van der Waals surface area contributed by atoms with Crippen molar-refractivity contribution in [3.8, 4) is 0 Å². The lowest BCUT2D eigenvalue weighted by Crippen LogP contribution is -2.22. The SMILES string of the molecule is CC(C)(C)OCCOC(CI)c1cccc(Cl)c1. The molecule has 2 nitrogen and oxygen atoms in total. The second kappa shape index (κ2) is 7.68. The lowest BCUT2D eigenvalue weighted by Gasteiger charge is -2.21. The molecule has 1 unspecified atom stereocenters. The van der Waals surface area contributed by atoms with Crippen molar-refractivity contribution in [1.29, 1.82) is 0 Å². The van der Waals surface area contributed by atoms with Crippen LogP contribution in [0.3, 0.4) is 0 Å². The highest BCUT2D eigenvalue weighted by atomic mass is 127. The molecule has 1 aromatic carbocycles. The van der Waals surface area contributed by atoms with Gasteiger partial charge in [-0.05, 0) is 38.5 Å². The van der Waals surface area contributed by atoms with Crippen LogP contribution in [0.2, 0.25) is 5.02 Å². The molecular formula is C14H20ClIO2.